The molecule has 2 fully saturated rings. The Morgan fingerprint density at radius 1 is 0.846 bits per heavy atom. The van der Waals surface area contributed by atoms with E-state index in [9.17, 15) is 9.59 Å². The van der Waals surface area contributed by atoms with Crippen LogP contribution in [0.4, 0.5) is 0 Å². The van der Waals surface area contributed by atoms with Crippen molar-refractivity contribution >= 4 is 11.8 Å². The third-order valence-corrected chi connectivity index (χ3v) is 5.59. The van der Waals surface area contributed by atoms with Crippen LogP contribution in [0.25, 0.3) is 0 Å². The first-order valence-corrected chi connectivity index (χ1v) is 9.70. The van der Waals surface area contributed by atoms with Crippen molar-refractivity contribution in [3.8, 4) is 11.5 Å². The Balaban J connectivity index is 1.40. The van der Waals surface area contributed by atoms with Crippen LogP contribution in [-0.2, 0) is 4.79 Å². The third kappa shape index (κ3) is 3.50. The van der Waals surface area contributed by atoms with Gasteiger partial charge in [-0.25, -0.2) is 0 Å². The van der Waals surface area contributed by atoms with Gasteiger partial charge in [0, 0.05) is 37.7 Å². The highest BCUT2D eigenvalue weighted by Gasteiger charge is 2.29. The Bertz CT molecular complexity index is 684. The number of amides is 2. The summed E-state index contributed by atoms with van der Waals surface area (Å²) in [5.74, 6) is 1.82. The molecule has 2 aliphatic heterocycles. The summed E-state index contributed by atoms with van der Waals surface area (Å²) in [6, 6.07) is 5.36. The quantitative estimate of drug-likeness (QED) is 0.814. The van der Waals surface area contributed by atoms with E-state index in [1.165, 1.54) is 12.8 Å². The van der Waals surface area contributed by atoms with Gasteiger partial charge in [0.25, 0.3) is 5.91 Å². The molecule has 140 valence electrons. The fourth-order valence-corrected chi connectivity index (χ4v) is 4.13. The number of carbonyl (C=O) groups excluding carboxylic acids is 2. The van der Waals surface area contributed by atoms with Crippen LogP contribution in [0, 0.1) is 5.92 Å². The maximum atomic E-state index is 12.9. The largest absolute Gasteiger partial charge is 0.486 e. The number of ether oxygens (including phenoxy) is 2. The number of nitrogens with zero attached hydrogens (tertiary/aromatic N) is 2. The topological polar surface area (TPSA) is 59.1 Å². The molecule has 2 amide bonds. The molecule has 0 N–H and O–H groups in total. The van der Waals surface area contributed by atoms with Crippen LogP contribution in [0.2, 0.25) is 0 Å². The average molecular weight is 358 g/mol. The second kappa shape index (κ2) is 7.56. The smallest absolute Gasteiger partial charge is 0.254 e. The molecular weight excluding hydrogens is 332 g/mol. The van der Waals surface area contributed by atoms with Crippen LogP contribution in [0.3, 0.4) is 0 Å². The van der Waals surface area contributed by atoms with Gasteiger partial charge in [0.15, 0.2) is 11.5 Å². The first kappa shape index (κ1) is 17.2. The molecule has 3 aliphatic rings. The van der Waals surface area contributed by atoms with E-state index in [-0.39, 0.29) is 17.7 Å². The Morgan fingerprint density at radius 2 is 1.54 bits per heavy atom. The number of carbonyl (C=O) groups is 2. The fourth-order valence-electron chi connectivity index (χ4n) is 4.13. The van der Waals surface area contributed by atoms with E-state index in [2.05, 4.69) is 0 Å². The van der Waals surface area contributed by atoms with Gasteiger partial charge in [-0.2, -0.15) is 0 Å². The molecule has 2 heterocycles. The van der Waals surface area contributed by atoms with Crippen molar-refractivity contribution in [1.29, 1.82) is 0 Å². The molecule has 6 heteroatoms. The van der Waals surface area contributed by atoms with Gasteiger partial charge in [-0.05, 0) is 37.5 Å². The van der Waals surface area contributed by atoms with E-state index < -0.39 is 0 Å². The normalized spacial score (nSPS) is 20.8. The van der Waals surface area contributed by atoms with E-state index in [0.29, 0.717) is 49.9 Å². The summed E-state index contributed by atoms with van der Waals surface area (Å²) < 4.78 is 11.1. The van der Waals surface area contributed by atoms with Crippen molar-refractivity contribution in [2.75, 3.05) is 39.4 Å². The monoisotopic (exact) mass is 358 g/mol. The summed E-state index contributed by atoms with van der Waals surface area (Å²) in [7, 11) is 0. The Labute approximate surface area is 154 Å². The molecule has 0 radical (unpaired) electrons. The maximum Gasteiger partial charge on any atom is 0.254 e. The van der Waals surface area contributed by atoms with Crippen LogP contribution in [0.1, 0.15) is 42.5 Å². The molecule has 1 aliphatic carbocycles. The van der Waals surface area contributed by atoms with Gasteiger partial charge in [-0.1, -0.05) is 12.8 Å². The van der Waals surface area contributed by atoms with Crippen molar-refractivity contribution < 1.29 is 19.1 Å². The van der Waals surface area contributed by atoms with Crippen molar-refractivity contribution in [3.05, 3.63) is 23.8 Å². The van der Waals surface area contributed by atoms with Crippen LogP contribution < -0.4 is 9.47 Å². The first-order chi connectivity index (χ1) is 12.7. The van der Waals surface area contributed by atoms with E-state index in [0.717, 1.165) is 25.8 Å². The third-order valence-electron chi connectivity index (χ3n) is 5.59. The molecule has 6 nitrogen and oxygen atoms in total. The summed E-state index contributed by atoms with van der Waals surface area (Å²) in [5.41, 5.74) is 0.616. The Morgan fingerprint density at radius 3 is 2.35 bits per heavy atom. The Kier molecular flexibility index (Phi) is 5.00. The summed E-state index contributed by atoms with van der Waals surface area (Å²) >= 11 is 0. The van der Waals surface area contributed by atoms with Gasteiger partial charge >= 0.3 is 0 Å². The van der Waals surface area contributed by atoms with Crippen molar-refractivity contribution in [2.24, 2.45) is 5.92 Å². The minimum atomic E-state index is -0.00265. The summed E-state index contributed by atoms with van der Waals surface area (Å²) in [4.78, 5) is 29.4. The molecule has 1 aromatic carbocycles. The van der Waals surface area contributed by atoms with Gasteiger partial charge in [0.2, 0.25) is 5.91 Å². The van der Waals surface area contributed by atoms with Gasteiger partial charge in [-0.3, -0.25) is 9.59 Å². The molecule has 0 spiro atoms. The minimum Gasteiger partial charge on any atom is -0.486 e. The number of benzene rings is 1. The van der Waals surface area contributed by atoms with Gasteiger partial charge < -0.3 is 19.3 Å². The highest BCUT2D eigenvalue weighted by Crippen LogP contribution is 2.31. The van der Waals surface area contributed by atoms with Gasteiger partial charge in [-0.15, -0.1) is 0 Å². The standard InChI is InChI=1S/C20H26N2O4/c23-19(15-4-1-2-5-15)21-8-3-9-22(11-10-21)20(24)16-6-7-17-18(14-16)26-13-12-25-17/h6-7,14-15H,1-5,8-13H2. The molecular formula is C20H26N2O4. The maximum absolute atomic E-state index is 12.9. The lowest BCUT2D eigenvalue weighted by Crippen LogP contribution is -2.39. The lowest BCUT2D eigenvalue weighted by Gasteiger charge is -2.25. The highest BCUT2D eigenvalue weighted by molar-refractivity contribution is 5.95. The molecule has 1 aromatic rings. The Hall–Kier alpha value is -2.24. The van der Waals surface area contributed by atoms with Gasteiger partial charge in [0.1, 0.15) is 13.2 Å². The molecule has 0 atom stereocenters. The number of hydrogen-bond donors (Lipinski definition) is 0. The minimum absolute atomic E-state index is 0.00265. The SMILES string of the molecule is O=C(c1ccc2c(c1)OCCO2)N1CCCN(C(=O)C2CCCC2)CC1. The van der Waals surface area contributed by atoms with E-state index in [4.69, 9.17) is 9.47 Å². The summed E-state index contributed by atoms with van der Waals surface area (Å²) in [5, 5.41) is 0. The summed E-state index contributed by atoms with van der Waals surface area (Å²) in [6.07, 6.45) is 5.21. The van der Waals surface area contributed by atoms with Crippen molar-refractivity contribution in [3.63, 3.8) is 0 Å². The van der Waals surface area contributed by atoms with Crippen molar-refractivity contribution in [2.45, 2.75) is 32.1 Å². The van der Waals surface area contributed by atoms with Crippen LogP contribution in [-0.4, -0.2) is 61.0 Å². The zero-order valence-corrected chi connectivity index (χ0v) is 15.1. The van der Waals surface area contributed by atoms with Crippen LogP contribution in [0.15, 0.2) is 18.2 Å². The van der Waals surface area contributed by atoms with Crippen LogP contribution in [0.5, 0.6) is 11.5 Å². The molecule has 1 saturated carbocycles. The molecule has 1 saturated heterocycles. The van der Waals surface area contributed by atoms with E-state index in [1.807, 2.05) is 9.80 Å². The zero-order chi connectivity index (χ0) is 17.9. The van der Waals surface area contributed by atoms with E-state index in [1.54, 1.807) is 18.2 Å². The van der Waals surface area contributed by atoms with Crippen molar-refractivity contribution in [1.82, 2.24) is 9.80 Å². The van der Waals surface area contributed by atoms with Crippen LogP contribution >= 0.6 is 0 Å². The number of fused-ring (bicyclic) bond motifs is 1. The lowest BCUT2D eigenvalue weighted by atomic mass is 10.1. The second-order valence-electron chi connectivity index (χ2n) is 7.31. The predicted molar refractivity (Wildman–Crippen MR) is 96.5 cm³/mol. The molecule has 0 bridgehead atoms. The second-order valence-corrected chi connectivity index (χ2v) is 7.31. The zero-order valence-electron chi connectivity index (χ0n) is 15.1. The predicted octanol–water partition coefficient (Wildman–Crippen LogP) is 2.32. The first-order valence-electron chi connectivity index (χ1n) is 9.70. The highest BCUT2D eigenvalue weighted by atomic mass is 16.6. The molecule has 26 heavy (non-hydrogen) atoms. The average Bonchev–Trinajstić information content (AvgIpc) is 3.11. The molecule has 4 rings (SSSR count). The van der Waals surface area contributed by atoms with Gasteiger partial charge in [0.05, 0.1) is 0 Å². The molecule has 0 aromatic heterocycles. The van der Waals surface area contributed by atoms with E-state index >= 15 is 0 Å². The summed E-state index contributed by atoms with van der Waals surface area (Å²) in [6.45, 7) is 3.70. The fraction of sp³-hybridized carbons (Fsp3) is 0.600. The number of hydrogen-bond acceptors (Lipinski definition) is 4. The molecule has 0 unspecified atom stereocenters. The lowest BCUT2D eigenvalue weighted by molar-refractivity contribution is -0.135. The number of rotatable bonds is 2.